The van der Waals surface area contributed by atoms with Crippen molar-refractivity contribution in [3.63, 3.8) is 0 Å². The summed E-state index contributed by atoms with van der Waals surface area (Å²) < 4.78 is 6.70. The van der Waals surface area contributed by atoms with Gasteiger partial charge in [0.2, 0.25) is 5.88 Å². The highest BCUT2D eigenvalue weighted by atomic mass is 32.1. The zero-order chi connectivity index (χ0) is 21.4. The molecule has 5 rings (SSSR count). The third kappa shape index (κ3) is 4.07. The number of hydrogen-bond acceptors (Lipinski definition) is 6. The molecule has 4 heterocycles. The van der Waals surface area contributed by atoms with E-state index >= 15 is 0 Å². The van der Waals surface area contributed by atoms with E-state index in [-0.39, 0.29) is 23.2 Å². The summed E-state index contributed by atoms with van der Waals surface area (Å²) in [7, 11) is 0. The Labute approximate surface area is 182 Å². The lowest BCUT2D eigenvalue weighted by Crippen LogP contribution is -2.35. The van der Waals surface area contributed by atoms with Gasteiger partial charge in [-0.2, -0.15) is 0 Å². The van der Waals surface area contributed by atoms with Crippen LogP contribution >= 0.6 is 11.3 Å². The highest BCUT2D eigenvalue weighted by Gasteiger charge is 2.25. The normalized spacial score (nSPS) is 17.8. The Kier molecular flexibility index (Phi) is 5.23. The Hall–Kier alpha value is -3.14. The first-order valence-electron chi connectivity index (χ1n) is 10.1. The van der Waals surface area contributed by atoms with Gasteiger partial charge in [-0.3, -0.25) is 19.1 Å². The largest absolute Gasteiger partial charge is 0.494 e. The van der Waals surface area contributed by atoms with Gasteiger partial charge >= 0.3 is 4.87 Å². The maximum absolute atomic E-state index is 12.6. The fourth-order valence-corrected chi connectivity index (χ4v) is 4.54. The third-order valence-electron chi connectivity index (χ3n) is 5.54. The molecular weight excluding hydrogens is 416 g/mol. The van der Waals surface area contributed by atoms with Gasteiger partial charge in [0.25, 0.3) is 5.91 Å². The maximum atomic E-state index is 12.6. The van der Waals surface area contributed by atoms with E-state index in [2.05, 4.69) is 15.2 Å². The number of nitrogens with one attached hydrogen (secondary N) is 2. The van der Waals surface area contributed by atoms with Gasteiger partial charge in [0.05, 0.1) is 30.7 Å². The molecule has 0 atom stereocenters. The van der Waals surface area contributed by atoms with Crippen molar-refractivity contribution in [3.8, 4) is 5.88 Å². The number of thiazole rings is 1. The van der Waals surface area contributed by atoms with Crippen LogP contribution in [0.5, 0.6) is 5.88 Å². The van der Waals surface area contributed by atoms with Gasteiger partial charge in [0.1, 0.15) is 0 Å². The van der Waals surface area contributed by atoms with E-state index in [1.54, 1.807) is 0 Å². The number of fused-ring (bicyclic) bond motifs is 1. The van der Waals surface area contributed by atoms with Gasteiger partial charge in [0, 0.05) is 42.3 Å². The highest BCUT2D eigenvalue weighted by Crippen LogP contribution is 2.34. The van der Waals surface area contributed by atoms with Gasteiger partial charge in [-0.25, -0.2) is 0 Å². The van der Waals surface area contributed by atoms with Crippen LogP contribution in [0.4, 0.5) is 5.69 Å². The topological polar surface area (TPSA) is 99.6 Å². The second kappa shape index (κ2) is 8.18. The average molecular weight is 439 g/mol. The zero-order valence-corrected chi connectivity index (χ0v) is 17.6. The Morgan fingerprint density at radius 2 is 1.97 bits per heavy atom. The van der Waals surface area contributed by atoms with Gasteiger partial charge < -0.3 is 20.1 Å². The monoisotopic (exact) mass is 438 g/mol. The van der Waals surface area contributed by atoms with Crippen molar-refractivity contribution in [1.29, 1.82) is 0 Å². The summed E-state index contributed by atoms with van der Waals surface area (Å²) in [4.78, 5) is 30.0. The van der Waals surface area contributed by atoms with Crippen LogP contribution in [0.1, 0.15) is 22.5 Å². The number of hydrogen-bond donors (Lipinski definition) is 3. The predicted octanol–water partition coefficient (Wildman–Crippen LogP) is 2.32. The minimum Gasteiger partial charge on any atom is -0.494 e. The standard InChI is InChI=1S/C22H22N4O4S/c27-20-13-31-22(29)26(20)11-14-1-4-19-17(9-14)18(21(28)24-19)10-15-2-3-16(23-15)12-25-5-7-30-8-6-25/h1-4,9-10,13,23,27H,5-8,11-12H2,(H,24,28). The lowest BCUT2D eigenvalue weighted by molar-refractivity contribution is -0.110. The molecule has 0 saturated carbocycles. The first kappa shape index (κ1) is 19.8. The number of carbonyl (C=O) groups excluding carboxylic acids is 1. The van der Waals surface area contributed by atoms with Crippen LogP contribution in [-0.4, -0.2) is 51.8 Å². The molecular formula is C22H22N4O4S. The molecule has 1 aromatic carbocycles. The minimum absolute atomic E-state index is 0.0559. The number of ether oxygens (including phenoxy) is 1. The molecule has 0 spiro atoms. The molecule has 0 aliphatic carbocycles. The van der Waals surface area contributed by atoms with Crippen LogP contribution in [0, 0.1) is 0 Å². The van der Waals surface area contributed by atoms with Crippen molar-refractivity contribution in [2.24, 2.45) is 0 Å². The SMILES string of the molecule is O=C1Nc2ccc(Cn3c(O)csc3=O)cc2C1=Cc1ccc(CN2CCOCC2)[nH]1. The molecule has 2 aromatic heterocycles. The maximum Gasteiger partial charge on any atom is 0.310 e. The van der Waals surface area contributed by atoms with Crippen molar-refractivity contribution in [3.05, 3.63) is 67.9 Å². The van der Waals surface area contributed by atoms with Crippen LogP contribution in [0.3, 0.4) is 0 Å². The van der Waals surface area contributed by atoms with Crippen LogP contribution in [-0.2, 0) is 22.6 Å². The van der Waals surface area contributed by atoms with Gasteiger partial charge in [-0.05, 0) is 35.9 Å². The van der Waals surface area contributed by atoms with E-state index in [0.29, 0.717) is 5.57 Å². The highest BCUT2D eigenvalue weighted by molar-refractivity contribution is 7.07. The summed E-state index contributed by atoms with van der Waals surface area (Å²) in [6, 6.07) is 9.58. The first-order chi connectivity index (χ1) is 15.1. The summed E-state index contributed by atoms with van der Waals surface area (Å²) in [6.45, 7) is 4.40. The van der Waals surface area contributed by atoms with Crippen LogP contribution in [0.25, 0.3) is 11.6 Å². The molecule has 2 aliphatic heterocycles. The number of carbonyl (C=O) groups is 1. The molecule has 1 saturated heterocycles. The summed E-state index contributed by atoms with van der Waals surface area (Å²) >= 11 is 0.958. The fourth-order valence-electron chi connectivity index (χ4n) is 3.92. The zero-order valence-electron chi connectivity index (χ0n) is 16.8. The number of benzene rings is 1. The van der Waals surface area contributed by atoms with Crippen molar-refractivity contribution < 1.29 is 14.6 Å². The molecule has 2 aliphatic rings. The van der Waals surface area contributed by atoms with E-state index in [1.807, 2.05) is 36.4 Å². The number of aromatic nitrogens is 2. The molecule has 3 N–H and O–H groups in total. The Bertz CT molecular complexity index is 1220. The van der Waals surface area contributed by atoms with Crippen LogP contribution in [0.2, 0.25) is 0 Å². The molecule has 0 bridgehead atoms. The lowest BCUT2D eigenvalue weighted by Gasteiger charge is -2.25. The van der Waals surface area contributed by atoms with Crippen molar-refractivity contribution in [2.75, 3.05) is 31.6 Å². The first-order valence-corrected chi connectivity index (χ1v) is 11.0. The average Bonchev–Trinajstić information content (AvgIpc) is 3.43. The van der Waals surface area contributed by atoms with Crippen LogP contribution in [0.15, 0.2) is 40.5 Å². The second-order valence-electron chi connectivity index (χ2n) is 7.67. The number of nitrogens with zero attached hydrogens (tertiary/aromatic N) is 2. The van der Waals surface area contributed by atoms with E-state index in [9.17, 15) is 14.7 Å². The third-order valence-corrected chi connectivity index (χ3v) is 6.29. The Morgan fingerprint density at radius 1 is 1.13 bits per heavy atom. The van der Waals surface area contributed by atoms with E-state index < -0.39 is 0 Å². The molecule has 3 aromatic rings. The number of rotatable bonds is 5. The molecule has 0 radical (unpaired) electrons. The summed E-state index contributed by atoms with van der Waals surface area (Å²) in [5.74, 6) is -0.216. The van der Waals surface area contributed by atoms with Crippen LogP contribution < -0.4 is 10.2 Å². The van der Waals surface area contributed by atoms with E-state index in [0.717, 1.165) is 72.4 Å². The van der Waals surface area contributed by atoms with E-state index in [1.165, 1.54) is 9.95 Å². The smallest absolute Gasteiger partial charge is 0.310 e. The van der Waals surface area contributed by atoms with Crippen molar-refractivity contribution in [1.82, 2.24) is 14.5 Å². The number of H-pyrrole nitrogens is 1. The number of aromatic hydroxyl groups is 1. The lowest BCUT2D eigenvalue weighted by atomic mass is 10.0. The molecule has 8 nitrogen and oxygen atoms in total. The number of anilines is 1. The van der Waals surface area contributed by atoms with Gasteiger partial charge in [-0.1, -0.05) is 17.4 Å². The minimum atomic E-state index is -0.220. The quantitative estimate of drug-likeness (QED) is 0.531. The molecule has 1 fully saturated rings. The summed E-state index contributed by atoms with van der Waals surface area (Å²) in [5, 5.41) is 14.2. The Morgan fingerprint density at radius 3 is 2.74 bits per heavy atom. The second-order valence-corrected chi connectivity index (χ2v) is 8.49. The molecule has 1 amide bonds. The molecule has 31 heavy (non-hydrogen) atoms. The van der Waals surface area contributed by atoms with Crippen molar-refractivity contribution in [2.45, 2.75) is 13.1 Å². The summed E-state index contributed by atoms with van der Waals surface area (Å²) in [6.07, 6.45) is 1.85. The Balaban J connectivity index is 1.39. The molecule has 0 unspecified atom stereocenters. The molecule has 160 valence electrons. The van der Waals surface area contributed by atoms with Crippen molar-refractivity contribution >= 4 is 34.6 Å². The number of aromatic amines is 1. The van der Waals surface area contributed by atoms with Gasteiger partial charge in [-0.15, -0.1) is 0 Å². The fraction of sp³-hybridized carbons (Fsp3) is 0.273. The number of amides is 1. The van der Waals surface area contributed by atoms with E-state index in [4.69, 9.17) is 4.74 Å². The van der Waals surface area contributed by atoms with Gasteiger partial charge in [0.15, 0.2) is 0 Å². The number of morpholine rings is 1. The predicted molar refractivity (Wildman–Crippen MR) is 119 cm³/mol. The molecule has 9 heteroatoms. The summed E-state index contributed by atoms with van der Waals surface area (Å²) in [5.41, 5.74) is 4.87.